The van der Waals surface area contributed by atoms with Crippen LogP contribution < -0.4 is 0 Å². The summed E-state index contributed by atoms with van der Waals surface area (Å²) in [6.07, 6.45) is 9.78. The number of rotatable bonds is 0. The molecule has 1 atom stereocenters. The van der Waals surface area contributed by atoms with Crippen molar-refractivity contribution in [1.82, 2.24) is 0 Å². The van der Waals surface area contributed by atoms with Gasteiger partial charge in [-0.25, -0.2) is 4.79 Å². The largest absolute Gasteiger partial charge is 0.463 e. The Bertz CT molecular complexity index is 211. The third-order valence-corrected chi connectivity index (χ3v) is 2.59. The van der Waals surface area contributed by atoms with Crippen LogP contribution in [0.15, 0.2) is 12.2 Å². The van der Waals surface area contributed by atoms with Crippen LogP contribution >= 0.6 is 0 Å². The topological polar surface area (TPSA) is 46.5 Å². The molecule has 0 aliphatic carbocycles. The second kappa shape index (κ2) is 7.46. The summed E-state index contributed by atoms with van der Waals surface area (Å²) in [4.78, 5) is 11.1. The van der Waals surface area contributed by atoms with Crippen LogP contribution in [0.5, 0.6) is 0 Å². The predicted molar refractivity (Wildman–Crippen MR) is 58.4 cm³/mol. The molecule has 1 N–H and O–H groups in total. The Morgan fingerprint density at radius 2 is 1.80 bits per heavy atom. The summed E-state index contributed by atoms with van der Waals surface area (Å²) >= 11 is 0. The number of esters is 1. The first-order valence-electron chi connectivity index (χ1n) is 5.82. The molecule has 0 radical (unpaired) electrons. The predicted octanol–water partition coefficient (Wildman–Crippen LogP) is 2.19. The zero-order chi connectivity index (χ0) is 10.9. The Morgan fingerprint density at radius 1 is 1.13 bits per heavy atom. The van der Waals surface area contributed by atoms with E-state index in [4.69, 9.17) is 4.74 Å². The van der Waals surface area contributed by atoms with Gasteiger partial charge < -0.3 is 9.84 Å². The second-order valence-electron chi connectivity index (χ2n) is 4.00. The molecule has 3 nitrogen and oxygen atoms in total. The molecule has 0 spiro atoms. The minimum atomic E-state index is -0.502. The molecule has 15 heavy (non-hydrogen) atoms. The number of hydrogen-bond acceptors (Lipinski definition) is 3. The zero-order valence-electron chi connectivity index (χ0n) is 9.15. The summed E-state index contributed by atoms with van der Waals surface area (Å²) in [5, 5.41) is 9.49. The second-order valence-corrected chi connectivity index (χ2v) is 4.00. The Morgan fingerprint density at radius 3 is 2.60 bits per heavy atom. The lowest BCUT2D eigenvalue weighted by molar-refractivity contribution is -0.137. The van der Waals surface area contributed by atoms with E-state index in [1.54, 1.807) is 0 Å². The fourth-order valence-electron chi connectivity index (χ4n) is 1.67. The van der Waals surface area contributed by atoms with Crippen molar-refractivity contribution >= 4 is 5.97 Å². The molecular weight excluding hydrogens is 192 g/mol. The Hall–Kier alpha value is -0.830. The van der Waals surface area contributed by atoms with Gasteiger partial charge in [0.15, 0.2) is 0 Å². The Balaban J connectivity index is 2.36. The molecule has 1 unspecified atom stereocenters. The van der Waals surface area contributed by atoms with Crippen LogP contribution in [0.3, 0.4) is 0 Å². The van der Waals surface area contributed by atoms with Gasteiger partial charge in [-0.2, -0.15) is 0 Å². The van der Waals surface area contributed by atoms with Crippen LogP contribution in [-0.2, 0) is 9.53 Å². The molecule has 1 aliphatic heterocycles. The van der Waals surface area contributed by atoms with E-state index in [1.165, 1.54) is 31.4 Å². The van der Waals surface area contributed by atoms with E-state index < -0.39 is 6.10 Å². The fraction of sp³-hybridized carbons (Fsp3) is 0.750. The van der Waals surface area contributed by atoms with Crippen molar-refractivity contribution in [2.45, 2.75) is 51.0 Å². The van der Waals surface area contributed by atoms with Crippen LogP contribution in [-0.4, -0.2) is 23.8 Å². The summed E-state index contributed by atoms with van der Waals surface area (Å²) in [7, 11) is 0. The molecule has 0 fully saturated rings. The number of hydrogen-bond donors (Lipinski definition) is 1. The van der Waals surface area contributed by atoms with Crippen molar-refractivity contribution in [2.24, 2.45) is 0 Å². The number of aliphatic hydroxyl groups is 1. The highest BCUT2D eigenvalue weighted by molar-refractivity contribution is 5.81. The van der Waals surface area contributed by atoms with E-state index in [1.807, 2.05) is 0 Å². The smallest absolute Gasteiger partial charge is 0.330 e. The monoisotopic (exact) mass is 212 g/mol. The zero-order valence-corrected chi connectivity index (χ0v) is 9.15. The van der Waals surface area contributed by atoms with E-state index in [2.05, 4.69) is 0 Å². The molecule has 0 bridgehead atoms. The Labute approximate surface area is 91.1 Å². The summed E-state index contributed by atoms with van der Waals surface area (Å²) < 4.78 is 4.97. The molecule has 0 aromatic heterocycles. The van der Waals surface area contributed by atoms with Crippen molar-refractivity contribution < 1.29 is 14.6 Å². The highest BCUT2D eigenvalue weighted by atomic mass is 16.5. The van der Waals surface area contributed by atoms with E-state index in [-0.39, 0.29) is 5.97 Å². The average Bonchev–Trinajstić information content (AvgIpc) is 2.24. The van der Waals surface area contributed by atoms with Gasteiger partial charge in [0.2, 0.25) is 0 Å². The van der Waals surface area contributed by atoms with Gasteiger partial charge in [0, 0.05) is 6.08 Å². The van der Waals surface area contributed by atoms with Gasteiger partial charge >= 0.3 is 5.97 Å². The molecule has 0 saturated carbocycles. The van der Waals surface area contributed by atoms with Crippen molar-refractivity contribution in [3.05, 3.63) is 12.2 Å². The van der Waals surface area contributed by atoms with Gasteiger partial charge in [-0.15, -0.1) is 0 Å². The molecular formula is C12H20O3. The lowest BCUT2D eigenvalue weighted by Crippen LogP contribution is -2.05. The van der Waals surface area contributed by atoms with Crippen LogP contribution in [0.4, 0.5) is 0 Å². The molecule has 0 aromatic carbocycles. The number of ether oxygens (including phenoxy) is 1. The highest BCUT2D eigenvalue weighted by Gasteiger charge is 2.03. The number of carbonyl (C=O) groups is 1. The van der Waals surface area contributed by atoms with E-state index in [0.717, 1.165) is 25.7 Å². The highest BCUT2D eigenvalue weighted by Crippen LogP contribution is 2.10. The maximum atomic E-state index is 11.1. The third kappa shape index (κ3) is 6.28. The van der Waals surface area contributed by atoms with Gasteiger partial charge in [0.05, 0.1) is 12.7 Å². The lowest BCUT2D eigenvalue weighted by Gasteiger charge is -2.04. The van der Waals surface area contributed by atoms with E-state index >= 15 is 0 Å². The van der Waals surface area contributed by atoms with Gasteiger partial charge in [-0.1, -0.05) is 32.1 Å². The molecule has 86 valence electrons. The molecule has 0 aromatic rings. The molecule has 1 rings (SSSR count). The van der Waals surface area contributed by atoms with Gasteiger partial charge in [0.1, 0.15) is 0 Å². The van der Waals surface area contributed by atoms with Crippen LogP contribution in [0.25, 0.3) is 0 Å². The average molecular weight is 212 g/mol. The molecule has 0 amide bonds. The third-order valence-electron chi connectivity index (χ3n) is 2.59. The first-order valence-corrected chi connectivity index (χ1v) is 5.82. The standard InChI is InChI=1S/C12H20O3/c13-11-7-5-3-1-2-4-6-10-15-12(14)9-8-11/h8-9,11,13H,1-7,10H2/b9-8-. The molecule has 3 heteroatoms. The lowest BCUT2D eigenvalue weighted by atomic mass is 10.1. The van der Waals surface area contributed by atoms with Crippen molar-refractivity contribution in [3.8, 4) is 0 Å². The van der Waals surface area contributed by atoms with E-state index in [9.17, 15) is 9.90 Å². The summed E-state index contributed by atoms with van der Waals surface area (Å²) in [5.74, 6) is -0.340. The molecule has 1 aliphatic rings. The summed E-state index contributed by atoms with van der Waals surface area (Å²) in [6.45, 7) is 0.499. The number of carbonyl (C=O) groups excluding carboxylic acids is 1. The normalized spacial score (nSPS) is 28.1. The maximum absolute atomic E-state index is 11.1. The molecule has 0 saturated heterocycles. The van der Waals surface area contributed by atoms with Crippen molar-refractivity contribution in [3.63, 3.8) is 0 Å². The first kappa shape index (κ1) is 12.2. The van der Waals surface area contributed by atoms with Gasteiger partial charge in [-0.3, -0.25) is 0 Å². The van der Waals surface area contributed by atoms with Crippen molar-refractivity contribution in [1.29, 1.82) is 0 Å². The maximum Gasteiger partial charge on any atom is 0.330 e. The molecule has 1 heterocycles. The quantitative estimate of drug-likeness (QED) is 0.626. The summed E-state index contributed by atoms with van der Waals surface area (Å²) in [6, 6.07) is 0. The number of aliphatic hydroxyl groups excluding tert-OH is 1. The van der Waals surface area contributed by atoms with Gasteiger partial charge in [0.25, 0.3) is 0 Å². The Kier molecular flexibility index (Phi) is 6.09. The van der Waals surface area contributed by atoms with Crippen LogP contribution in [0.2, 0.25) is 0 Å². The fourth-order valence-corrected chi connectivity index (χ4v) is 1.67. The van der Waals surface area contributed by atoms with Crippen LogP contribution in [0, 0.1) is 0 Å². The first-order chi connectivity index (χ1) is 7.29. The van der Waals surface area contributed by atoms with Crippen LogP contribution in [0.1, 0.15) is 44.9 Å². The minimum Gasteiger partial charge on any atom is -0.463 e. The SMILES string of the molecule is O=C1/C=C\C(O)CCCCCCCCO1. The van der Waals surface area contributed by atoms with Crippen molar-refractivity contribution in [2.75, 3.05) is 6.61 Å². The minimum absolute atomic E-state index is 0.340. The van der Waals surface area contributed by atoms with E-state index in [0.29, 0.717) is 6.61 Å². The van der Waals surface area contributed by atoms with Gasteiger partial charge in [-0.05, 0) is 18.9 Å². The summed E-state index contributed by atoms with van der Waals surface area (Å²) in [5.41, 5.74) is 0. The number of cyclic esters (lactones) is 1.